The lowest BCUT2D eigenvalue weighted by Gasteiger charge is -2.32. The highest BCUT2D eigenvalue weighted by Crippen LogP contribution is 2.22. The Bertz CT molecular complexity index is 824. The third kappa shape index (κ3) is 4.76. The third-order valence-corrected chi connectivity index (χ3v) is 5.15. The van der Waals surface area contributed by atoms with E-state index in [0.29, 0.717) is 18.7 Å². The van der Waals surface area contributed by atoms with E-state index in [4.69, 9.17) is 0 Å². The molecule has 3 rings (SSSR count). The normalized spacial score (nSPS) is 16.9. The summed E-state index contributed by atoms with van der Waals surface area (Å²) in [6, 6.07) is 13.9. The van der Waals surface area contributed by atoms with Crippen LogP contribution >= 0.6 is 0 Å². The predicted molar refractivity (Wildman–Crippen MR) is 109 cm³/mol. The molecule has 1 N–H and O–H groups in total. The van der Waals surface area contributed by atoms with Gasteiger partial charge in [-0.25, -0.2) is 0 Å². The van der Waals surface area contributed by atoms with Crippen LogP contribution in [0.3, 0.4) is 0 Å². The minimum Gasteiger partial charge on any atom is -0.338 e. The Balaban J connectivity index is 1.67. The van der Waals surface area contributed by atoms with E-state index in [1.165, 1.54) is 5.56 Å². The summed E-state index contributed by atoms with van der Waals surface area (Å²) in [6.07, 6.45) is 2.60. The fourth-order valence-corrected chi connectivity index (χ4v) is 3.77. The Kier molecular flexibility index (Phi) is 5.94. The van der Waals surface area contributed by atoms with Gasteiger partial charge in [-0.2, -0.15) is 0 Å². The molecule has 0 spiro atoms. The Morgan fingerprint density at radius 3 is 2.56 bits per heavy atom. The van der Waals surface area contributed by atoms with Crippen molar-refractivity contribution in [2.24, 2.45) is 5.92 Å². The number of carbonyl (C=O) groups is 2. The largest absolute Gasteiger partial charge is 0.338 e. The topological polar surface area (TPSA) is 49.4 Å². The average Bonchev–Trinajstić information content (AvgIpc) is 2.67. The lowest BCUT2D eigenvalue weighted by atomic mass is 9.96. The molecule has 1 fully saturated rings. The molecule has 2 aromatic carbocycles. The van der Waals surface area contributed by atoms with Crippen LogP contribution in [0, 0.1) is 19.8 Å². The summed E-state index contributed by atoms with van der Waals surface area (Å²) in [5.74, 6) is -0.146. The van der Waals surface area contributed by atoms with Crippen LogP contribution < -0.4 is 5.32 Å². The maximum absolute atomic E-state index is 12.9. The highest BCUT2D eigenvalue weighted by molar-refractivity contribution is 5.96. The van der Waals surface area contributed by atoms with Gasteiger partial charge in [-0.05, 0) is 62.9 Å². The van der Waals surface area contributed by atoms with Crippen molar-refractivity contribution in [2.45, 2.75) is 40.0 Å². The number of likely N-dealkylation sites (tertiary alicyclic amines) is 1. The summed E-state index contributed by atoms with van der Waals surface area (Å²) in [5.41, 5.74) is 4.91. The number of anilines is 1. The maximum atomic E-state index is 12.9. The van der Waals surface area contributed by atoms with Gasteiger partial charge in [-0.3, -0.25) is 9.59 Å². The van der Waals surface area contributed by atoms with Crippen molar-refractivity contribution in [3.63, 3.8) is 0 Å². The van der Waals surface area contributed by atoms with E-state index in [-0.39, 0.29) is 17.7 Å². The molecule has 4 nitrogen and oxygen atoms in total. The first-order valence-electron chi connectivity index (χ1n) is 9.73. The summed E-state index contributed by atoms with van der Waals surface area (Å²) in [6.45, 7) is 7.28. The molecule has 1 aliphatic rings. The third-order valence-electron chi connectivity index (χ3n) is 5.15. The molecule has 2 amide bonds. The smallest absolute Gasteiger partial charge is 0.253 e. The summed E-state index contributed by atoms with van der Waals surface area (Å²) >= 11 is 0. The van der Waals surface area contributed by atoms with Gasteiger partial charge in [0.25, 0.3) is 5.91 Å². The Morgan fingerprint density at radius 2 is 1.85 bits per heavy atom. The molecule has 0 aromatic heterocycles. The number of aryl methyl sites for hydroxylation is 3. The first-order valence-corrected chi connectivity index (χ1v) is 9.73. The van der Waals surface area contributed by atoms with Gasteiger partial charge in [0.15, 0.2) is 0 Å². The van der Waals surface area contributed by atoms with Crippen molar-refractivity contribution in [3.8, 4) is 0 Å². The number of piperidine rings is 1. The molecule has 0 radical (unpaired) electrons. The van der Waals surface area contributed by atoms with Crippen molar-refractivity contribution in [1.82, 2.24) is 4.90 Å². The van der Waals surface area contributed by atoms with Crippen LogP contribution in [-0.4, -0.2) is 29.8 Å². The molecule has 0 bridgehead atoms. The zero-order valence-electron chi connectivity index (χ0n) is 16.4. The first-order chi connectivity index (χ1) is 13.0. The van der Waals surface area contributed by atoms with E-state index in [9.17, 15) is 9.59 Å². The molecular weight excluding hydrogens is 336 g/mol. The standard InChI is InChI=1S/C23H28N2O2/c1-4-18-7-5-9-21(14-18)24-22(26)19-8-6-10-25(15-19)23(27)20-12-16(2)11-17(3)13-20/h5,7,9,11-14,19H,4,6,8,10,15H2,1-3H3,(H,24,26)/t19-/m1/s1. The van der Waals surface area contributed by atoms with E-state index in [2.05, 4.69) is 24.4 Å². The number of nitrogens with zero attached hydrogens (tertiary/aromatic N) is 1. The Hall–Kier alpha value is -2.62. The molecule has 142 valence electrons. The van der Waals surface area contributed by atoms with Gasteiger partial charge >= 0.3 is 0 Å². The van der Waals surface area contributed by atoms with Gasteiger partial charge in [0.2, 0.25) is 5.91 Å². The predicted octanol–water partition coefficient (Wildman–Crippen LogP) is 4.36. The molecule has 0 aliphatic carbocycles. The highest BCUT2D eigenvalue weighted by Gasteiger charge is 2.29. The van der Waals surface area contributed by atoms with Crippen LogP contribution in [-0.2, 0) is 11.2 Å². The van der Waals surface area contributed by atoms with Crippen molar-refractivity contribution >= 4 is 17.5 Å². The molecule has 1 saturated heterocycles. The number of hydrogen-bond acceptors (Lipinski definition) is 2. The van der Waals surface area contributed by atoms with Gasteiger partial charge in [0.1, 0.15) is 0 Å². The lowest BCUT2D eigenvalue weighted by Crippen LogP contribution is -2.43. The van der Waals surface area contributed by atoms with Crippen LogP contribution in [0.15, 0.2) is 42.5 Å². The van der Waals surface area contributed by atoms with Crippen molar-refractivity contribution < 1.29 is 9.59 Å². The SMILES string of the molecule is CCc1cccc(NC(=O)[C@@H]2CCCN(C(=O)c3cc(C)cc(C)c3)C2)c1. The second kappa shape index (κ2) is 8.38. The van der Waals surface area contributed by atoms with E-state index in [1.54, 1.807) is 0 Å². The lowest BCUT2D eigenvalue weighted by molar-refractivity contribution is -0.121. The molecule has 1 atom stereocenters. The van der Waals surface area contributed by atoms with Gasteiger partial charge in [0.05, 0.1) is 5.92 Å². The van der Waals surface area contributed by atoms with Gasteiger partial charge in [0, 0.05) is 24.3 Å². The van der Waals surface area contributed by atoms with E-state index < -0.39 is 0 Å². The quantitative estimate of drug-likeness (QED) is 0.876. The average molecular weight is 364 g/mol. The molecule has 1 heterocycles. The fourth-order valence-electron chi connectivity index (χ4n) is 3.77. The van der Waals surface area contributed by atoms with Gasteiger partial charge in [-0.15, -0.1) is 0 Å². The zero-order valence-corrected chi connectivity index (χ0v) is 16.4. The van der Waals surface area contributed by atoms with E-state index >= 15 is 0 Å². The summed E-state index contributed by atoms with van der Waals surface area (Å²) in [4.78, 5) is 27.5. The number of carbonyl (C=O) groups excluding carboxylic acids is 2. The minimum atomic E-state index is -0.168. The highest BCUT2D eigenvalue weighted by atomic mass is 16.2. The molecule has 4 heteroatoms. The molecular formula is C23H28N2O2. The van der Waals surface area contributed by atoms with Crippen LogP contribution in [0.25, 0.3) is 0 Å². The monoisotopic (exact) mass is 364 g/mol. The fraction of sp³-hybridized carbons (Fsp3) is 0.391. The summed E-state index contributed by atoms with van der Waals surface area (Å²) in [5, 5.41) is 3.03. The van der Waals surface area contributed by atoms with Crippen LogP contribution in [0.2, 0.25) is 0 Å². The number of nitrogens with one attached hydrogen (secondary N) is 1. The number of benzene rings is 2. The van der Waals surface area contributed by atoms with Crippen LogP contribution in [0.1, 0.15) is 46.8 Å². The number of rotatable bonds is 4. The number of hydrogen-bond donors (Lipinski definition) is 1. The Labute approximate surface area is 161 Å². The van der Waals surface area contributed by atoms with Crippen molar-refractivity contribution in [2.75, 3.05) is 18.4 Å². The summed E-state index contributed by atoms with van der Waals surface area (Å²) in [7, 11) is 0. The first kappa shape index (κ1) is 19.2. The zero-order chi connectivity index (χ0) is 19.4. The van der Waals surface area contributed by atoms with Crippen LogP contribution in [0.4, 0.5) is 5.69 Å². The van der Waals surface area contributed by atoms with Crippen LogP contribution in [0.5, 0.6) is 0 Å². The van der Waals surface area contributed by atoms with Crippen molar-refractivity contribution in [3.05, 3.63) is 64.7 Å². The molecule has 2 aromatic rings. The van der Waals surface area contributed by atoms with E-state index in [0.717, 1.165) is 36.1 Å². The second-order valence-corrected chi connectivity index (χ2v) is 7.51. The van der Waals surface area contributed by atoms with Gasteiger partial charge < -0.3 is 10.2 Å². The molecule has 1 aliphatic heterocycles. The maximum Gasteiger partial charge on any atom is 0.253 e. The minimum absolute atomic E-state index is 0.00109. The Morgan fingerprint density at radius 1 is 1.11 bits per heavy atom. The second-order valence-electron chi connectivity index (χ2n) is 7.51. The van der Waals surface area contributed by atoms with Gasteiger partial charge in [-0.1, -0.05) is 36.2 Å². The number of amides is 2. The van der Waals surface area contributed by atoms with Crippen molar-refractivity contribution in [1.29, 1.82) is 0 Å². The summed E-state index contributed by atoms with van der Waals surface area (Å²) < 4.78 is 0. The molecule has 0 saturated carbocycles. The molecule has 27 heavy (non-hydrogen) atoms. The van der Waals surface area contributed by atoms with E-state index in [1.807, 2.05) is 49.1 Å². The molecule has 0 unspecified atom stereocenters.